The van der Waals surface area contributed by atoms with E-state index in [1.54, 1.807) is 0 Å². The molecule has 0 bridgehead atoms. The van der Waals surface area contributed by atoms with Crippen LogP contribution in [0.4, 0.5) is 4.79 Å². The summed E-state index contributed by atoms with van der Waals surface area (Å²) < 4.78 is 0. The van der Waals surface area contributed by atoms with Gasteiger partial charge in [0.05, 0.1) is 17.2 Å². The lowest BCUT2D eigenvalue weighted by Gasteiger charge is -2.27. The van der Waals surface area contributed by atoms with Crippen molar-refractivity contribution in [3.05, 3.63) is 4.91 Å². The number of nitrogens with zero attached hydrogens (tertiary/aromatic N) is 2. The SMILES string of the molecule is NC(=O)N(CC(Cl)C1CCCCC1)N=O. The van der Waals surface area contributed by atoms with E-state index in [1.165, 1.54) is 19.3 Å². The molecule has 2 amide bonds. The van der Waals surface area contributed by atoms with Gasteiger partial charge in [-0.05, 0) is 18.8 Å². The highest BCUT2D eigenvalue weighted by Crippen LogP contribution is 2.29. The summed E-state index contributed by atoms with van der Waals surface area (Å²) in [4.78, 5) is 21.0. The Bertz CT molecular complexity index is 231. The Kier molecular flexibility index (Phi) is 4.81. The highest BCUT2D eigenvalue weighted by Gasteiger charge is 2.25. The molecule has 2 N–H and O–H groups in total. The number of halogens is 1. The molecule has 0 heterocycles. The van der Waals surface area contributed by atoms with Gasteiger partial charge in [0.15, 0.2) is 0 Å². The molecule has 1 aliphatic rings. The van der Waals surface area contributed by atoms with Gasteiger partial charge in [-0.15, -0.1) is 16.5 Å². The molecule has 1 atom stereocenters. The Morgan fingerprint density at radius 2 is 2.07 bits per heavy atom. The number of rotatable bonds is 4. The Balaban J connectivity index is 2.41. The van der Waals surface area contributed by atoms with Crippen LogP contribution in [-0.2, 0) is 0 Å². The predicted octanol–water partition coefficient (Wildman–Crippen LogP) is 2.24. The van der Waals surface area contributed by atoms with E-state index >= 15 is 0 Å². The molecule has 0 aromatic rings. The minimum absolute atomic E-state index is 0.116. The van der Waals surface area contributed by atoms with E-state index in [0.29, 0.717) is 10.9 Å². The molecule has 15 heavy (non-hydrogen) atoms. The van der Waals surface area contributed by atoms with Gasteiger partial charge >= 0.3 is 6.03 Å². The number of amides is 2. The van der Waals surface area contributed by atoms with Gasteiger partial charge in [-0.3, -0.25) is 0 Å². The van der Waals surface area contributed by atoms with Crippen LogP contribution in [0.3, 0.4) is 0 Å². The first-order valence-corrected chi connectivity index (χ1v) is 5.63. The minimum Gasteiger partial charge on any atom is -0.350 e. The average molecular weight is 234 g/mol. The number of hydrogen-bond acceptors (Lipinski definition) is 3. The van der Waals surface area contributed by atoms with Gasteiger partial charge in [-0.1, -0.05) is 19.3 Å². The number of hydrogen-bond donors (Lipinski definition) is 1. The van der Waals surface area contributed by atoms with Gasteiger partial charge in [0.25, 0.3) is 0 Å². The second-order valence-electron chi connectivity index (χ2n) is 3.92. The van der Waals surface area contributed by atoms with Crippen LogP contribution in [0.5, 0.6) is 0 Å². The Labute approximate surface area is 93.9 Å². The number of nitroso groups, excluding NO2 is 1. The van der Waals surface area contributed by atoms with Gasteiger partial charge in [0, 0.05) is 0 Å². The van der Waals surface area contributed by atoms with Crippen LogP contribution < -0.4 is 5.73 Å². The van der Waals surface area contributed by atoms with Crippen LogP contribution in [0.1, 0.15) is 32.1 Å². The summed E-state index contributed by atoms with van der Waals surface area (Å²) in [7, 11) is 0. The first-order valence-electron chi connectivity index (χ1n) is 5.19. The second-order valence-corrected chi connectivity index (χ2v) is 4.48. The smallest absolute Gasteiger partial charge is 0.337 e. The molecular formula is C9H16ClN3O2. The number of primary amides is 1. The molecule has 0 aliphatic heterocycles. The fourth-order valence-electron chi connectivity index (χ4n) is 1.97. The van der Waals surface area contributed by atoms with Gasteiger partial charge in [0.2, 0.25) is 0 Å². The predicted molar refractivity (Wildman–Crippen MR) is 58.3 cm³/mol. The summed E-state index contributed by atoms with van der Waals surface area (Å²) in [5, 5.41) is 3.01. The second kappa shape index (κ2) is 5.90. The summed E-state index contributed by atoms with van der Waals surface area (Å²) >= 11 is 6.13. The maximum atomic E-state index is 10.7. The van der Waals surface area contributed by atoms with E-state index in [-0.39, 0.29) is 11.9 Å². The molecule has 5 nitrogen and oxygen atoms in total. The molecule has 0 saturated heterocycles. The number of nitrogens with two attached hydrogens (primary N) is 1. The molecule has 6 heteroatoms. The van der Waals surface area contributed by atoms with E-state index in [9.17, 15) is 9.70 Å². The first kappa shape index (κ1) is 12.2. The molecule has 1 aliphatic carbocycles. The van der Waals surface area contributed by atoms with E-state index in [1.807, 2.05) is 0 Å². The molecule has 1 unspecified atom stereocenters. The zero-order valence-electron chi connectivity index (χ0n) is 8.56. The van der Waals surface area contributed by atoms with Crippen molar-refractivity contribution in [1.82, 2.24) is 5.01 Å². The fraction of sp³-hybridized carbons (Fsp3) is 0.889. The van der Waals surface area contributed by atoms with Gasteiger partial charge in [-0.2, -0.15) is 5.01 Å². The number of alkyl halides is 1. The van der Waals surface area contributed by atoms with Crippen molar-refractivity contribution in [3.63, 3.8) is 0 Å². The maximum absolute atomic E-state index is 10.7. The third kappa shape index (κ3) is 3.66. The lowest BCUT2D eigenvalue weighted by Crippen LogP contribution is -2.38. The Hall–Kier alpha value is -0.840. The normalized spacial score (nSPS) is 19.5. The number of carbonyl (C=O) groups is 1. The highest BCUT2D eigenvalue weighted by atomic mass is 35.5. The molecular weight excluding hydrogens is 218 g/mol. The van der Waals surface area contributed by atoms with Crippen molar-refractivity contribution in [3.8, 4) is 0 Å². The molecule has 1 rings (SSSR count). The van der Waals surface area contributed by atoms with Crippen LogP contribution in [0.25, 0.3) is 0 Å². The van der Waals surface area contributed by atoms with Crippen LogP contribution >= 0.6 is 11.6 Å². The highest BCUT2D eigenvalue weighted by molar-refractivity contribution is 6.21. The van der Waals surface area contributed by atoms with E-state index in [0.717, 1.165) is 12.8 Å². The van der Waals surface area contributed by atoms with Crippen molar-refractivity contribution >= 4 is 17.6 Å². The van der Waals surface area contributed by atoms with Crippen molar-refractivity contribution in [2.24, 2.45) is 16.9 Å². The quantitative estimate of drug-likeness (QED) is 0.459. The van der Waals surface area contributed by atoms with E-state index < -0.39 is 6.03 Å². The van der Waals surface area contributed by atoms with Gasteiger partial charge in [-0.25, -0.2) is 4.79 Å². The standard InChI is InChI=1S/C9H16ClN3O2/c10-8(6-13(12-15)9(11)14)7-4-2-1-3-5-7/h7-8H,1-6H2,(H2,11,14). The average Bonchev–Trinajstić information content (AvgIpc) is 2.26. The lowest BCUT2D eigenvalue weighted by molar-refractivity contribution is 0.202. The third-order valence-corrected chi connectivity index (χ3v) is 3.36. The summed E-state index contributed by atoms with van der Waals surface area (Å²) in [6.07, 6.45) is 5.68. The summed E-state index contributed by atoms with van der Waals surface area (Å²) in [6.45, 7) is 0.116. The van der Waals surface area contributed by atoms with Crippen LogP contribution in [-0.4, -0.2) is 23.0 Å². The molecule has 0 radical (unpaired) electrons. The van der Waals surface area contributed by atoms with E-state index in [4.69, 9.17) is 17.3 Å². The first-order chi connectivity index (χ1) is 7.15. The van der Waals surface area contributed by atoms with Gasteiger partial charge in [0.1, 0.15) is 0 Å². The molecule has 0 spiro atoms. The minimum atomic E-state index is -0.841. The Morgan fingerprint density at radius 3 is 2.53 bits per heavy atom. The summed E-state index contributed by atoms with van der Waals surface area (Å²) in [6, 6.07) is -0.841. The van der Waals surface area contributed by atoms with Crippen molar-refractivity contribution in [1.29, 1.82) is 0 Å². The largest absolute Gasteiger partial charge is 0.350 e. The molecule has 1 fully saturated rings. The van der Waals surface area contributed by atoms with Crippen molar-refractivity contribution < 1.29 is 4.79 Å². The zero-order chi connectivity index (χ0) is 11.3. The number of urea groups is 1. The van der Waals surface area contributed by atoms with Crippen LogP contribution in [0.15, 0.2) is 5.29 Å². The fourth-order valence-corrected chi connectivity index (χ4v) is 2.36. The third-order valence-electron chi connectivity index (χ3n) is 2.86. The number of carbonyl (C=O) groups excluding carboxylic acids is 1. The van der Waals surface area contributed by atoms with Gasteiger partial charge < -0.3 is 5.73 Å². The van der Waals surface area contributed by atoms with Crippen molar-refractivity contribution in [2.75, 3.05) is 6.54 Å². The van der Waals surface area contributed by atoms with Crippen molar-refractivity contribution in [2.45, 2.75) is 37.5 Å². The topological polar surface area (TPSA) is 75.8 Å². The Morgan fingerprint density at radius 1 is 1.47 bits per heavy atom. The van der Waals surface area contributed by atoms with Crippen LogP contribution in [0.2, 0.25) is 0 Å². The monoisotopic (exact) mass is 233 g/mol. The molecule has 1 saturated carbocycles. The maximum Gasteiger partial charge on any atom is 0.337 e. The summed E-state index contributed by atoms with van der Waals surface area (Å²) in [5.41, 5.74) is 4.96. The van der Waals surface area contributed by atoms with Crippen LogP contribution in [0, 0.1) is 10.8 Å². The molecule has 0 aromatic heterocycles. The molecule has 86 valence electrons. The molecule has 0 aromatic carbocycles. The summed E-state index contributed by atoms with van der Waals surface area (Å²) in [5.74, 6) is 0.365. The van der Waals surface area contributed by atoms with E-state index in [2.05, 4.69) is 5.29 Å². The zero-order valence-corrected chi connectivity index (χ0v) is 9.32. The lowest BCUT2D eigenvalue weighted by atomic mass is 9.86.